The summed E-state index contributed by atoms with van der Waals surface area (Å²) >= 11 is 0. The van der Waals surface area contributed by atoms with Gasteiger partial charge in [-0.1, -0.05) is 11.5 Å². The summed E-state index contributed by atoms with van der Waals surface area (Å²) < 4.78 is 0. The van der Waals surface area contributed by atoms with Crippen molar-refractivity contribution in [2.45, 2.75) is 0 Å². The van der Waals surface area contributed by atoms with Crippen LogP contribution in [0.2, 0.25) is 0 Å². The molecule has 0 aromatic heterocycles. The molecule has 0 aliphatic heterocycles. The van der Waals surface area contributed by atoms with Crippen LogP contribution in [0.15, 0.2) is 18.2 Å². The zero-order chi connectivity index (χ0) is 8.27. The molecule has 11 heavy (non-hydrogen) atoms. The number of rotatable bonds is 1. The topological polar surface area (TPSA) is 64.2 Å². The number of benzene rings is 1. The second kappa shape index (κ2) is 3.08. The second-order valence-electron chi connectivity index (χ2n) is 2.02. The molecule has 3 nitrogen and oxygen atoms in total. The van der Waals surface area contributed by atoms with Gasteiger partial charge in [0.2, 0.25) is 0 Å². The molecule has 0 saturated heterocycles. The van der Waals surface area contributed by atoms with Crippen LogP contribution in [-0.4, -0.2) is 17.6 Å². The van der Waals surface area contributed by atoms with E-state index in [1.807, 2.05) is 0 Å². The summed E-state index contributed by atoms with van der Waals surface area (Å²) in [6, 6.07) is 6.06. The Labute approximate surface area is 64.8 Å². The lowest BCUT2D eigenvalue weighted by Gasteiger charge is -1.96. The molecule has 2 N–H and O–H groups in total. The fourth-order valence-corrected chi connectivity index (χ4v) is 0.724. The highest BCUT2D eigenvalue weighted by molar-refractivity contribution is 6.45. The Hall–Kier alpha value is -1.47. The van der Waals surface area contributed by atoms with E-state index in [0.717, 1.165) is 7.48 Å². The first-order valence-corrected chi connectivity index (χ1v) is 2.98. The lowest BCUT2D eigenvalue weighted by Crippen LogP contribution is -2.12. The molecule has 4 heteroatoms. The molecule has 0 aliphatic rings. The van der Waals surface area contributed by atoms with E-state index in [1.165, 1.54) is 18.2 Å². The van der Waals surface area contributed by atoms with E-state index >= 15 is 0 Å². The van der Waals surface area contributed by atoms with E-state index < -0.39 is 0 Å². The Kier molecular flexibility index (Phi) is 2.14. The Bertz CT molecular complexity index is 306. The molecule has 0 aliphatic carbocycles. The lowest BCUT2D eigenvalue weighted by molar-refractivity contribution is 0.473. The minimum absolute atomic E-state index is 0.0712. The number of phenolic OH excluding ortho intramolecular Hbond substituents is 1. The maximum atomic E-state index is 9.01. The van der Waals surface area contributed by atoms with Gasteiger partial charge in [0.1, 0.15) is 11.8 Å². The highest BCUT2D eigenvalue weighted by Crippen LogP contribution is 2.11. The molecule has 1 radical (unpaired) electrons. The SMILES string of the molecule is N#Cc1cc([B]O)ccc1O. The molecule has 0 bridgehead atoms. The first kappa shape index (κ1) is 7.64. The minimum atomic E-state index is -0.0712. The van der Waals surface area contributed by atoms with Crippen molar-refractivity contribution >= 4 is 12.9 Å². The molecule has 0 spiro atoms. The largest absolute Gasteiger partial charge is 0.507 e. The van der Waals surface area contributed by atoms with Gasteiger partial charge in [-0.3, -0.25) is 0 Å². The minimum Gasteiger partial charge on any atom is -0.507 e. The summed E-state index contributed by atoms with van der Waals surface area (Å²) in [4.78, 5) is 0. The lowest BCUT2D eigenvalue weighted by atomic mass is 9.87. The molecule has 0 saturated carbocycles. The van der Waals surface area contributed by atoms with Crippen molar-refractivity contribution in [3.8, 4) is 11.8 Å². The standard InChI is InChI=1S/C7H5BNO2/c9-4-5-3-6(8-11)1-2-7(5)10/h1-3,10-11H. The summed E-state index contributed by atoms with van der Waals surface area (Å²) in [5.74, 6) is -0.0712. The zero-order valence-corrected chi connectivity index (χ0v) is 5.65. The van der Waals surface area contributed by atoms with E-state index in [9.17, 15) is 0 Å². The number of nitrogens with zero attached hydrogens (tertiary/aromatic N) is 1. The predicted octanol–water partition coefficient (Wildman–Crippen LogP) is -0.499. The van der Waals surface area contributed by atoms with Crippen LogP contribution in [0, 0.1) is 11.3 Å². The number of nitriles is 1. The molecular formula is C7H5BNO2. The normalized spacial score (nSPS) is 8.73. The van der Waals surface area contributed by atoms with Gasteiger partial charge < -0.3 is 10.1 Å². The molecule has 53 valence electrons. The predicted molar refractivity (Wildman–Crippen MR) is 40.4 cm³/mol. The van der Waals surface area contributed by atoms with Crippen LogP contribution in [-0.2, 0) is 0 Å². The summed E-state index contributed by atoms with van der Waals surface area (Å²) in [6.07, 6.45) is 0. The monoisotopic (exact) mass is 146 g/mol. The third-order valence-electron chi connectivity index (χ3n) is 1.29. The van der Waals surface area contributed by atoms with Crippen molar-refractivity contribution in [2.75, 3.05) is 0 Å². The van der Waals surface area contributed by atoms with Gasteiger partial charge in [0.15, 0.2) is 0 Å². The van der Waals surface area contributed by atoms with E-state index in [2.05, 4.69) is 0 Å². The van der Waals surface area contributed by atoms with Crippen molar-refractivity contribution in [3.63, 3.8) is 0 Å². The third kappa shape index (κ3) is 1.51. The molecule has 1 rings (SSSR count). The first-order chi connectivity index (χ1) is 5.27. The molecule has 0 unspecified atom stereocenters. The van der Waals surface area contributed by atoms with Gasteiger partial charge in [-0.2, -0.15) is 5.26 Å². The summed E-state index contributed by atoms with van der Waals surface area (Å²) in [6.45, 7) is 0. The number of aromatic hydroxyl groups is 1. The maximum absolute atomic E-state index is 9.01. The number of hydrogen-bond donors (Lipinski definition) is 2. The van der Waals surface area contributed by atoms with Crippen LogP contribution in [0.25, 0.3) is 0 Å². The average molecular weight is 146 g/mol. The van der Waals surface area contributed by atoms with E-state index in [1.54, 1.807) is 6.07 Å². The van der Waals surface area contributed by atoms with Gasteiger partial charge in [-0.25, -0.2) is 0 Å². The summed E-state index contributed by atoms with van der Waals surface area (Å²) in [7, 11) is 0.875. The van der Waals surface area contributed by atoms with Crippen molar-refractivity contribution in [1.29, 1.82) is 5.26 Å². The molecule has 0 amide bonds. The summed E-state index contributed by atoms with van der Waals surface area (Å²) in [5, 5.41) is 26.0. The molecule has 0 heterocycles. The van der Waals surface area contributed by atoms with Crippen LogP contribution >= 0.6 is 0 Å². The second-order valence-corrected chi connectivity index (χ2v) is 2.02. The maximum Gasteiger partial charge on any atom is 0.326 e. The molecule has 1 aromatic rings. The van der Waals surface area contributed by atoms with Gasteiger partial charge in [0.05, 0.1) is 5.56 Å². The Morgan fingerprint density at radius 2 is 2.18 bits per heavy atom. The van der Waals surface area contributed by atoms with Crippen molar-refractivity contribution in [3.05, 3.63) is 23.8 Å². The van der Waals surface area contributed by atoms with Crippen LogP contribution < -0.4 is 5.46 Å². The van der Waals surface area contributed by atoms with Gasteiger partial charge in [0.25, 0.3) is 0 Å². The van der Waals surface area contributed by atoms with Crippen LogP contribution in [0.1, 0.15) is 5.56 Å². The van der Waals surface area contributed by atoms with Crippen molar-refractivity contribution < 1.29 is 10.1 Å². The molecular weight excluding hydrogens is 141 g/mol. The van der Waals surface area contributed by atoms with E-state index in [-0.39, 0.29) is 11.3 Å². The van der Waals surface area contributed by atoms with Gasteiger partial charge in [0, 0.05) is 0 Å². The first-order valence-electron chi connectivity index (χ1n) is 2.98. The smallest absolute Gasteiger partial charge is 0.326 e. The van der Waals surface area contributed by atoms with Crippen LogP contribution in [0.3, 0.4) is 0 Å². The highest BCUT2D eigenvalue weighted by Gasteiger charge is 2.00. The van der Waals surface area contributed by atoms with E-state index in [0.29, 0.717) is 5.46 Å². The highest BCUT2D eigenvalue weighted by atomic mass is 16.3. The number of hydrogen-bond acceptors (Lipinski definition) is 3. The Morgan fingerprint density at radius 3 is 2.73 bits per heavy atom. The van der Waals surface area contributed by atoms with Gasteiger partial charge in [-0.15, -0.1) is 0 Å². The number of phenols is 1. The van der Waals surface area contributed by atoms with Crippen LogP contribution in [0.4, 0.5) is 0 Å². The Balaban J connectivity index is 3.15. The average Bonchev–Trinajstić information content (AvgIpc) is 2.05. The quantitative estimate of drug-likeness (QED) is 0.525. The molecule has 1 aromatic carbocycles. The van der Waals surface area contributed by atoms with Crippen molar-refractivity contribution in [1.82, 2.24) is 0 Å². The summed E-state index contributed by atoms with van der Waals surface area (Å²) in [5.41, 5.74) is 0.659. The van der Waals surface area contributed by atoms with E-state index in [4.69, 9.17) is 15.4 Å². The van der Waals surface area contributed by atoms with Gasteiger partial charge in [-0.05, 0) is 12.1 Å². The van der Waals surface area contributed by atoms with Crippen molar-refractivity contribution in [2.24, 2.45) is 0 Å². The molecule has 0 atom stereocenters. The fraction of sp³-hybridized carbons (Fsp3) is 0. The third-order valence-corrected chi connectivity index (χ3v) is 1.29. The van der Waals surface area contributed by atoms with Gasteiger partial charge >= 0.3 is 7.48 Å². The van der Waals surface area contributed by atoms with Crippen LogP contribution in [0.5, 0.6) is 5.75 Å². The zero-order valence-electron chi connectivity index (χ0n) is 5.65. The Morgan fingerprint density at radius 1 is 1.45 bits per heavy atom. The fourth-order valence-electron chi connectivity index (χ4n) is 0.724. The molecule has 0 fully saturated rings.